The van der Waals surface area contributed by atoms with E-state index in [1.54, 1.807) is 0 Å². The molecule has 0 aromatic heterocycles. The minimum absolute atomic E-state index is 0.427. The van der Waals surface area contributed by atoms with E-state index in [1.165, 1.54) is 31.2 Å². The van der Waals surface area contributed by atoms with Gasteiger partial charge < -0.3 is 4.74 Å². The SMILES string of the molecule is Cc1cccc(OC2CC(Br)C23CCCC3)c1. The van der Waals surface area contributed by atoms with Gasteiger partial charge in [-0.25, -0.2) is 0 Å². The molecule has 92 valence electrons. The number of ether oxygens (including phenoxy) is 1. The Morgan fingerprint density at radius 1 is 1.29 bits per heavy atom. The molecule has 1 aromatic rings. The van der Waals surface area contributed by atoms with Crippen LogP contribution in [0.4, 0.5) is 0 Å². The van der Waals surface area contributed by atoms with E-state index in [9.17, 15) is 0 Å². The summed E-state index contributed by atoms with van der Waals surface area (Å²) in [5.41, 5.74) is 1.71. The van der Waals surface area contributed by atoms with Gasteiger partial charge in [0.15, 0.2) is 0 Å². The predicted octanol–water partition coefficient (Wildman–Crippen LogP) is 4.47. The average Bonchev–Trinajstić information content (AvgIpc) is 2.80. The molecule has 0 N–H and O–H groups in total. The van der Waals surface area contributed by atoms with Crippen LogP contribution in [0.1, 0.15) is 37.7 Å². The Kier molecular flexibility index (Phi) is 2.94. The molecule has 0 amide bonds. The van der Waals surface area contributed by atoms with E-state index < -0.39 is 0 Å². The Morgan fingerprint density at radius 3 is 2.71 bits per heavy atom. The highest BCUT2D eigenvalue weighted by molar-refractivity contribution is 9.09. The van der Waals surface area contributed by atoms with Crippen molar-refractivity contribution in [3.8, 4) is 5.75 Å². The zero-order chi connectivity index (χ0) is 11.9. The number of benzene rings is 1. The van der Waals surface area contributed by atoms with Gasteiger partial charge in [-0.05, 0) is 43.9 Å². The number of hydrogen-bond acceptors (Lipinski definition) is 1. The lowest BCUT2D eigenvalue weighted by Crippen LogP contribution is -2.55. The van der Waals surface area contributed by atoms with E-state index in [2.05, 4.69) is 47.1 Å². The Balaban J connectivity index is 1.74. The summed E-state index contributed by atoms with van der Waals surface area (Å²) in [7, 11) is 0. The van der Waals surface area contributed by atoms with Gasteiger partial charge in [0.25, 0.3) is 0 Å². The van der Waals surface area contributed by atoms with Gasteiger partial charge in [-0.2, -0.15) is 0 Å². The van der Waals surface area contributed by atoms with E-state index in [4.69, 9.17) is 4.74 Å². The third kappa shape index (κ3) is 1.91. The predicted molar refractivity (Wildman–Crippen MR) is 73.8 cm³/mol. The van der Waals surface area contributed by atoms with E-state index >= 15 is 0 Å². The van der Waals surface area contributed by atoms with Crippen LogP contribution < -0.4 is 4.74 Å². The fourth-order valence-corrected chi connectivity index (χ4v) is 4.48. The molecule has 2 atom stereocenters. The van der Waals surface area contributed by atoms with Gasteiger partial charge in [0.2, 0.25) is 0 Å². The van der Waals surface area contributed by atoms with Crippen LogP contribution in [0.25, 0.3) is 0 Å². The Labute approximate surface area is 112 Å². The molecular formula is C15H19BrO. The molecule has 0 aliphatic heterocycles. The first kappa shape index (κ1) is 11.6. The summed E-state index contributed by atoms with van der Waals surface area (Å²) in [4.78, 5) is 0.673. The zero-order valence-corrected chi connectivity index (χ0v) is 11.9. The largest absolute Gasteiger partial charge is 0.490 e. The van der Waals surface area contributed by atoms with Crippen LogP contribution in [-0.2, 0) is 0 Å². The molecule has 2 saturated carbocycles. The molecular weight excluding hydrogens is 276 g/mol. The van der Waals surface area contributed by atoms with Crippen molar-refractivity contribution in [2.45, 2.75) is 50.0 Å². The minimum Gasteiger partial charge on any atom is -0.490 e. The monoisotopic (exact) mass is 294 g/mol. The van der Waals surface area contributed by atoms with Crippen LogP contribution in [0, 0.1) is 12.3 Å². The molecule has 2 fully saturated rings. The van der Waals surface area contributed by atoms with E-state index in [1.807, 2.05) is 0 Å². The van der Waals surface area contributed by atoms with E-state index in [0.29, 0.717) is 16.3 Å². The number of alkyl halides is 1. The van der Waals surface area contributed by atoms with Crippen molar-refractivity contribution in [1.82, 2.24) is 0 Å². The maximum absolute atomic E-state index is 6.21. The van der Waals surface area contributed by atoms with Crippen LogP contribution in [0.2, 0.25) is 0 Å². The molecule has 17 heavy (non-hydrogen) atoms. The number of aryl methyl sites for hydroxylation is 1. The van der Waals surface area contributed by atoms with Gasteiger partial charge in [-0.1, -0.05) is 40.9 Å². The van der Waals surface area contributed by atoms with Gasteiger partial charge >= 0.3 is 0 Å². The van der Waals surface area contributed by atoms with Crippen LogP contribution >= 0.6 is 15.9 Å². The second-order valence-electron chi connectivity index (χ2n) is 5.57. The highest BCUT2D eigenvalue weighted by Crippen LogP contribution is 2.57. The van der Waals surface area contributed by atoms with Crippen molar-refractivity contribution < 1.29 is 4.74 Å². The Morgan fingerprint density at radius 2 is 2.06 bits per heavy atom. The quantitative estimate of drug-likeness (QED) is 0.731. The molecule has 1 aromatic carbocycles. The molecule has 3 rings (SSSR count). The van der Waals surface area contributed by atoms with Gasteiger partial charge in [0.05, 0.1) is 0 Å². The summed E-state index contributed by atoms with van der Waals surface area (Å²) in [5.74, 6) is 1.04. The highest BCUT2D eigenvalue weighted by Gasteiger charge is 2.56. The molecule has 0 bridgehead atoms. The summed E-state index contributed by atoms with van der Waals surface area (Å²) in [6.45, 7) is 2.12. The third-order valence-electron chi connectivity index (χ3n) is 4.49. The van der Waals surface area contributed by atoms with Crippen molar-refractivity contribution >= 4 is 15.9 Å². The lowest BCUT2D eigenvalue weighted by molar-refractivity contribution is -0.0304. The van der Waals surface area contributed by atoms with Crippen molar-refractivity contribution in [2.75, 3.05) is 0 Å². The lowest BCUT2D eigenvalue weighted by atomic mass is 9.64. The second-order valence-corrected chi connectivity index (χ2v) is 6.67. The molecule has 2 aliphatic rings. The average molecular weight is 295 g/mol. The summed E-state index contributed by atoms with van der Waals surface area (Å²) in [6.07, 6.45) is 6.99. The molecule has 0 radical (unpaired) electrons. The molecule has 0 heterocycles. The highest BCUT2D eigenvalue weighted by atomic mass is 79.9. The fourth-order valence-electron chi connectivity index (χ4n) is 3.39. The Bertz CT molecular complexity index is 409. The van der Waals surface area contributed by atoms with Crippen LogP contribution in [0.3, 0.4) is 0 Å². The van der Waals surface area contributed by atoms with Crippen molar-refractivity contribution in [2.24, 2.45) is 5.41 Å². The molecule has 0 saturated heterocycles. The van der Waals surface area contributed by atoms with Crippen LogP contribution in [-0.4, -0.2) is 10.9 Å². The fraction of sp³-hybridized carbons (Fsp3) is 0.600. The molecule has 2 heteroatoms. The van der Waals surface area contributed by atoms with Crippen molar-refractivity contribution in [1.29, 1.82) is 0 Å². The maximum Gasteiger partial charge on any atom is 0.120 e. The van der Waals surface area contributed by atoms with Crippen molar-refractivity contribution in [3.63, 3.8) is 0 Å². The standard InChI is InChI=1S/C15H19BrO/c1-11-5-4-6-12(9-11)17-14-10-13(16)15(14)7-2-3-8-15/h4-6,9,13-14H,2-3,7-8,10H2,1H3. The number of hydrogen-bond donors (Lipinski definition) is 0. The van der Waals surface area contributed by atoms with E-state index in [-0.39, 0.29) is 0 Å². The zero-order valence-electron chi connectivity index (χ0n) is 10.3. The second kappa shape index (κ2) is 4.31. The molecule has 1 nitrogen and oxygen atoms in total. The topological polar surface area (TPSA) is 9.23 Å². The lowest BCUT2D eigenvalue weighted by Gasteiger charge is -2.51. The molecule has 1 spiro atoms. The summed E-state index contributed by atoms with van der Waals surface area (Å²) in [5, 5.41) is 0. The van der Waals surface area contributed by atoms with Crippen LogP contribution in [0.15, 0.2) is 24.3 Å². The maximum atomic E-state index is 6.21. The van der Waals surface area contributed by atoms with Gasteiger partial charge in [-0.15, -0.1) is 0 Å². The minimum atomic E-state index is 0.427. The number of rotatable bonds is 2. The van der Waals surface area contributed by atoms with Crippen molar-refractivity contribution in [3.05, 3.63) is 29.8 Å². The van der Waals surface area contributed by atoms with Gasteiger partial charge in [0, 0.05) is 10.2 Å². The molecule has 2 unspecified atom stereocenters. The Hall–Kier alpha value is -0.500. The first-order valence-electron chi connectivity index (χ1n) is 6.58. The molecule has 2 aliphatic carbocycles. The van der Waals surface area contributed by atoms with E-state index in [0.717, 1.165) is 12.2 Å². The first-order chi connectivity index (χ1) is 8.21. The summed E-state index contributed by atoms with van der Waals surface area (Å²) >= 11 is 3.83. The summed E-state index contributed by atoms with van der Waals surface area (Å²) in [6, 6.07) is 8.42. The van der Waals surface area contributed by atoms with Crippen LogP contribution in [0.5, 0.6) is 5.75 Å². The first-order valence-corrected chi connectivity index (χ1v) is 7.50. The summed E-state index contributed by atoms with van der Waals surface area (Å²) < 4.78 is 6.21. The number of halogens is 1. The normalized spacial score (nSPS) is 30.2. The van der Waals surface area contributed by atoms with Gasteiger partial charge in [-0.3, -0.25) is 0 Å². The smallest absolute Gasteiger partial charge is 0.120 e. The van der Waals surface area contributed by atoms with Gasteiger partial charge in [0.1, 0.15) is 11.9 Å². The third-order valence-corrected chi connectivity index (χ3v) is 5.77.